The number of rotatable bonds is 5. The van der Waals surface area contributed by atoms with Crippen LogP contribution in [-0.2, 0) is 4.79 Å². The average Bonchev–Trinajstić information content (AvgIpc) is 1.97. The fourth-order valence-corrected chi connectivity index (χ4v) is 0.929. The molecule has 5 heteroatoms. The fourth-order valence-electron chi connectivity index (χ4n) is 0.929. The quantitative estimate of drug-likeness (QED) is 0.738. The van der Waals surface area contributed by atoms with Crippen LogP contribution in [-0.4, -0.2) is 36.4 Å². The highest BCUT2D eigenvalue weighted by molar-refractivity contribution is 5.75. The minimum atomic E-state index is -2.48. The SMILES string of the molecule is CN(CC(F)F)C(=O)CCC(C)(C)N. The summed E-state index contributed by atoms with van der Waals surface area (Å²) in [5.74, 6) is -0.288. The van der Waals surface area contributed by atoms with Crippen molar-refractivity contribution >= 4 is 5.91 Å². The molecule has 0 aliphatic carbocycles. The van der Waals surface area contributed by atoms with Crippen molar-refractivity contribution in [1.82, 2.24) is 4.90 Å². The summed E-state index contributed by atoms with van der Waals surface area (Å²) >= 11 is 0. The average molecular weight is 208 g/mol. The van der Waals surface area contributed by atoms with Crippen molar-refractivity contribution in [2.24, 2.45) is 5.73 Å². The van der Waals surface area contributed by atoms with Gasteiger partial charge in [0.25, 0.3) is 6.43 Å². The third-order valence-electron chi connectivity index (χ3n) is 1.82. The van der Waals surface area contributed by atoms with Gasteiger partial charge in [-0.25, -0.2) is 8.78 Å². The highest BCUT2D eigenvalue weighted by atomic mass is 19.3. The zero-order chi connectivity index (χ0) is 11.4. The Morgan fingerprint density at radius 3 is 2.36 bits per heavy atom. The third kappa shape index (κ3) is 6.77. The Labute approximate surface area is 83.3 Å². The molecule has 0 bridgehead atoms. The first kappa shape index (κ1) is 13.3. The van der Waals surface area contributed by atoms with Crippen LogP contribution in [0.1, 0.15) is 26.7 Å². The molecule has 0 spiro atoms. The summed E-state index contributed by atoms with van der Waals surface area (Å²) in [5.41, 5.74) is 5.24. The molecule has 0 saturated carbocycles. The van der Waals surface area contributed by atoms with Crippen LogP contribution >= 0.6 is 0 Å². The summed E-state index contributed by atoms with van der Waals surface area (Å²) < 4.78 is 23.8. The molecular weight excluding hydrogens is 190 g/mol. The maximum atomic E-state index is 11.9. The van der Waals surface area contributed by atoms with Gasteiger partial charge in [0.05, 0.1) is 6.54 Å². The molecule has 0 aromatic heterocycles. The molecule has 1 amide bonds. The number of nitrogens with zero attached hydrogens (tertiary/aromatic N) is 1. The minimum absolute atomic E-state index is 0.215. The van der Waals surface area contributed by atoms with Gasteiger partial charge < -0.3 is 10.6 Å². The molecule has 0 aliphatic rings. The Balaban J connectivity index is 3.85. The lowest BCUT2D eigenvalue weighted by Crippen LogP contribution is -2.36. The van der Waals surface area contributed by atoms with Crippen LogP contribution in [0.5, 0.6) is 0 Å². The van der Waals surface area contributed by atoms with E-state index in [4.69, 9.17) is 5.73 Å². The van der Waals surface area contributed by atoms with Crippen molar-refractivity contribution in [3.63, 3.8) is 0 Å². The number of halogens is 2. The molecule has 0 saturated heterocycles. The van der Waals surface area contributed by atoms with Gasteiger partial charge in [0.15, 0.2) is 0 Å². The molecule has 0 aliphatic heterocycles. The fraction of sp³-hybridized carbons (Fsp3) is 0.889. The number of alkyl halides is 2. The monoisotopic (exact) mass is 208 g/mol. The molecule has 0 aromatic rings. The van der Waals surface area contributed by atoms with Crippen LogP contribution in [0.4, 0.5) is 8.78 Å². The lowest BCUT2D eigenvalue weighted by Gasteiger charge is -2.21. The molecule has 0 fully saturated rings. The summed E-state index contributed by atoms with van der Waals surface area (Å²) in [5, 5.41) is 0. The number of amides is 1. The van der Waals surface area contributed by atoms with Gasteiger partial charge in [-0.3, -0.25) is 4.79 Å². The normalized spacial score (nSPS) is 11.9. The predicted molar refractivity (Wildman–Crippen MR) is 51.1 cm³/mol. The summed E-state index contributed by atoms with van der Waals surface area (Å²) in [6.45, 7) is 3.09. The topological polar surface area (TPSA) is 46.3 Å². The van der Waals surface area contributed by atoms with Gasteiger partial charge >= 0.3 is 0 Å². The minimum Gasteiger partial charge on any atom is -0.340 e. The Kier molecular flexibility index (Phi) is 4.97. The van der Waals surface area contributed by atoms with E-state index in [1.54, 1.807) is 13.8 Å². The predicted octanol–water partition coefficient (Wildman–Crippen LogP) is 1.23. The number of hydrogen-bond acceptors (Lipinski definition) is 2. The Morgan fingerprint density at radius 2 is 2.00 bits per heavy atom. The second-order valence-corrected chi connectivity index (χ2v) is 4.15. The summed E-state index contributed by atoms with van der Waals surface area (Å²) in [4.78, 5) is 12.3. The Morgan fingerprint density at radius 1 is 1.50 bits per heavy atom. The highest BCUT2D eigenvalue weighted by Crippen LogP contribution is 2.09. The zero-order valence-electron chi connectivity index (χ0n) is 8.89. The first-order chi connectivity index (χ1) is 6.22. The number of carbonyl (C=O) groups excluding carboxylic acids is 1. The maximum absolute atomic E-state index is 11.9. The second-order valence-electron chi connectivity index (χ2n) is 4.15. The first-order valence-electron chi connectivity index (χ1n) is 4.53. The van der Waals surface area contributed by atoms with Gasteiger partial charge in [-0.1, -0.05) is 0 Å². The maximum Gasteiger partial charge on any atom is 0.255 e. The van der Waals surface area contributed by atoms with E-state index in [-0.39, 0.29) is 12.3 Å². The van der Waals surface area contributed by atoms with Crippen molar-refractivity contribution in [2.75, 3.05) is 13.6 Å². The summed E-state index contributed by atoms with van der Waals surface area (Å²) in [6.07, 6.45) is -1.76. The van der Waals surface area contributed by atoms with E-state index in [1.807, 2.05) is 0 Å². The second kappa shape index (κ2) is 5.24. The lowest BCUT2D eigenvalue weighted by atomic mass is 10.00. The number of hydrogen-bond donors (Lipinski definition) is 1. The molecule has 14 heavy (non-hydrogen) atoms. The van der Waals surface area contributed by atoms with Crippen LogP contribution in [0.3, 0.4) is 0 Å². The van der Waals surface area contributed by atoms with E-state index in [9.17, 15) is 13.6 Å². The van der Waals surface area contributed by atoms with Crippen LogP contribution in [0.2, 0.25) is 0 Å². The molecule has 0 unspecified atom stereocenters. The van der Waals surface area contributed by atoms with E-state index >= 15 is 0 Å². The van der Waals surface area contributed by atoms with E-state index < -0.39 is 18.5 Å². The molecular formula is C9H18F2N2O. The van der Waals surface area contributed by atoms with Crippen LogP contribution < -0.4 is 5.73 Å². The molecule has 84 valence electrons. The van der Waals surface area contributed by atoms with Gasteiger partial charge in [0.1, 0.15) is 0 Å². The van der Waals surface area contributed by atoms with E-state index in [0.29, 0.717) is 6.42 Å². The zero-order valence-corrected chi connectivity index (χ0v) is 8.89. The van der Waals surface area contributed by atoms with Crippen LogP contribution in [0.25, 0.3) is 0 Å². The largest absolute Gasteiger partial charge is 0.340 e. The molecule has 0 atom stereocenters. The van der Waals surface area contributed by atoms with E-state index in [0.717, 1.165) is 4.90 Å². The molecule has 0 rings (SSSR count). The van der Waals surface area contributed by atoms with Crippen LogP contribution in [0.15, 0.2) is 0 Å². The Hall–Kier alpha value is -0.710. The van der Waals surface area contributed by atoms with Crippen molar-refractivity contribution < 1.29 is 13.6 Å². The molecule has 3 nitrogen and oxygen atoms in total. The molecule has 0 aromatic carbocycles. The van der Waals surface area contributed by atoms with E-state index in [1.165, 1.54) is 7.05 Å². The first-order valence-corrected chi connectivity index (χ1v) is 4.53. The molecule has 2 N–H and O–H groups in total. The number of carbonyl (C=O) groups is 1. The van der Waals surface area contributed by atoms with Crippen molar-refractivity contribution in [3.8, 4) is 0 Å². The number of nitrogens with two attached hydrogens (primary N) is 1. The van der Waals surface area contributed by atoms with E-state index in [2.05, 4.69) is 0 Å². The Bertz CT molecular complexity index is 190. The standard InChI is InChI=1S/C9H18F2N2O/c1-9(2,12)5-4-8(14)13(3)6-7(10)11/h7H,4-6,12H2,1-3H3. The lowest BCUT2D eigenvalue weighted by molar-refractivity contribution is -0.131. The summed E-state index contributed by atoms with van der Waals surface area (Å²) in [6, 6.07) is 0. The van der Waals surface area contributed by atoms with Crippen molar-refractivity contribution in [1.29, 1.82) is 0 Å². The van der Waals surface area contributed by atoms with Crippen molar-refractivity contribution in [3.05, 3.63) is 0 Å². The van der Waals surface area contributed by atoms with Gasteiger partial charge in [-0.15, -0.1) is 0 Å². The smallest absolute Gasteiger partial charge is 0.255 e. The van der Waals surface area contributed by atoms with Crippen molar-refractivity contribution in [2.45, 2.75) is 38.7 Å². The van der Waals surface area contributed by atoms with Gasteiger partial charge in [-0.2, -0.15) is 0 Å². The molecule has 0 radical (unpaired) electrons. The van der Waals surface area contributed by atoms with Gasteiger partial charge in [-0.05, 0) is 20.3 Å². The summed E-state index contributed by atoms with van der Waals surface area (Å²) in [7, 11) is 1.37. The van der Waals surface area contributed by atoms with Gasteiger partial charge in [0, 0.05) is 19.0 Å². The van der Waals surface area contributed by atoms with Gasteiger partial charge in [0.2, 0.25) is 5.91 Å². The van der Waals surface area contributed by atoms with Crippen LogP contribution in [0, 0.1) is 0 Å². The highest BCUT2D eigenvalue weighted by Gasteiger charge is 2.17. The molecule has 0 heterocycles. The third-order valence-corrected chi connectivity index (χ3v) is 1.82.